The third-order valence-corrected chi connectivity index (χ3v) is 5.41. The second-order valence-electron chi connectivity index (χ2n) is 7.48. The molecule has 2 fully saturated rings. The van der Waals surface area contributed by atoms with Crippen LogP contribution in [0.5, 0.6) is 0 Å². The molecule has 1 atom stereocenters. The Bertz CT molecular complexity index is 837. The first-order chi connectivity index (χ1) is 13.4. The summed E-state index contributed by atoms with van der Waals surface area (Å²) in [5.74, 6) is -1.64. The molecule has 2 aliphatic rings. The van der Waals surface area contributed by atoms with Gasteiger partial charge in [-0.25, -0.2) is 0 Å². The number of ether oxygens (including phenoxy) is 1. The number of carbonyl (C=O) groups is 1. The maximum absolute atomic E-state index is 12.9. The van der Waals surface area contributed by atoms with Crippen molar-refractivity contribution < 1.29 is 27.2 Å². The zero-order chi connectivity index (χ0) is 19.8. The highest BCUT2D eigenvalue weighted by molar-refractivity contribution is 5.94. The molecule has 1 aromatic carbocycles. The number of rotatable bonds is 2. The van der Waals surface area contributed by atoms with Crippen LogP contribution in [0.25, 0.3) is 11.4 Å². The van der Waals surface area contributed by atoms with Crippen LogP contribution in [-0.4, -0.2) is 47.3 Å². The number of hydrogen-bond acceptors (Lipinski definition) is 5. The van der Waals surface area contributed by atoms with Gasteiger partial charge >= 0.3 is 12.1 Å². The van der Waals surface area contributed by atoms with Crippen LogP contribution in [0, 0.1) is 5.41 Å². The number of aromatic nitrogens is 2. The molecule has 0 saturated carbocycles. The minimum Gasteiger partial charge on any atom is -0.381 e. The smallest absolute Gasteiger partial charge is 0.381 e. The summed E-state index contributed by atoms with van der Waals surface area (Å²) in [4.78, 5) is 18.1. The number of halogens is 3. The molecule has 0 unspecified atom stereocenters. The number of nitrogens with zero attached hydrogens (tertiary/aromatic N) is 3. The van der Waals surface area contributed by atoms with E-state index in [2.05, 4.69) is 14.7 Å². The van der Waals surface area contributed by atoms with Crippen molar-refractivity contribution in [3.8, 4) is 11.4 Å². The van der Waals surface area contributed by atoms with Gasteiger partial charge < -0.3 is 14.2 Å². The Morgan fingerprint density at radius 2 is 1.89 bits per heavy atom. The molecule has 0 bridgehead atoms. The van der Waals surface area contributed by atoms with E-state index in [9.17, 15) is 18.0 Å². The molecule has 2 aromatic rings. The number of hydrogen-bond donors (Lipinski definition) is 0. The van der Waals surface area contributed by atoms with Crippen LogP contribution in [-0.2, 0) is 10.9 Å². The van der Waals surface area contributed by atoms with Crippen molar-refractivity contribution in [1.82, 2.24) is 15.0 Å². The van der Waals surface area contributed by atoms with Gasteiger partial charge in [0.05, 0.1) is 6.61 Å². The molecule has 2 aliphatic heterocycles. The van der Waals surface area contributed by atoms with Gasteiger partial charge in [-0.05, 0) is 37.8 Å². The largest absolute Gasteiger partial charge is 0.471 e. The van der Waals surface area contributed by atoms with Crippen LogP contribution in [0.2, 0.25) is 0 Å². The summed E-state index contributed by atoms with van der Waals surface area (Å²) in [5, 5.41) is 3.36. The van der Waals surface area contributed by atoms with E-state index in [1.165, 1.54) is 12.1 Å². The molecule has 4 rings (SSSR count). The van der Waals surface area contributed by atoms with Crippen LogP contribution in [0.4, 0.5) is 13.2 Å². The third-order valence-electron chi connectivity index (χ3n) is 5.41. The summed E-state index contributed by atoms with van der Waals surface area (Å²) in [6, 6.07) is 6.23. The highest BCUT2D eigenvalue weighted by atomic mass is 19.4. The lowest BCUT2D eigenvalue weighted by atomic mass is 9.75. The van der Waals surface area contributed by atoms with E-state index in [4.69, 9.17) is 4.74 Å². The Balaban J connectivity index is 1.47. The predicted molar refractivity (Wildman–Crippen MR) is 92.4 cm³/mol. The first kappa shape index (κ1) is 18.9. The minimum absolute atomic E-state index is 0.0464. The minimum atomic E-state index is -4.69. The molecule has 150 valence electrons. The fraction of sp³-hybridized carbons (Fsp3) is 0.526. The normalized spacial score (nSPS) is 23.2. The molecule has 2 saturated heterocycles. The Morgan fingerprint density at radius 3 is 2.54 bits per heavy atom. The number of amides is 1. The monoisotopic (exact) mass is 395 g/mol. The molecule has 0 radical (unpaired) electrons. The highest BCUT2D eigenvalue weighted by Gasteiger charge is 2.39. The lowest BCUT2D eigenvalue weighted by Gasteiger charge is -2.44. The number of carbonyl (C=O) groups excluding carboxylic acids is 1. The molecular weight excluding hydrogens is 375 g/mol. The Kier molecular flexibility index (Phi) is 4.86. The van der Waals surface area contributed by atoms with Crippen molar-refractivity contribution in [2.24, 2.45) is 5.41 Å². The summed E-state index contributed by atoms with van der Waals surface area (Å²) in [7, 11) is 0. The fourth-order valence-electron chi connectivity index (χ4n) is 4.01. The van der Waals surface area contributed by atoms with E-state index in [1.807, 2.05) is 4.90 Å². The Morgan fingerprint density at radius 1 is 1.14 bits per heavy atom. The van der Waals surface area contributed by atoms with Gasteiger partial charge in [0.25, 0.3) is 5.91 Å². The molecule has 6 nitrogen and oxygen atoms in total. The molecule has 1 spiro atoms. The fourth-order valence-corrected chi connectivity index (χ4v) is 4.01. The van der Waals surface area contributed by atoms with Crippen molar-refractivity contribution in [2.75, 3.05) is 26.3 Å². The average molecular weight is 395 g/mol. The third kappa shape index (κ3) is 3.76. The van der Waals surface area contributed by atoms with Gasteiger partial charge in [0.2, 0.25) is 5.82 Å². The molecule has 3 heterocycles. The van der Waals surface area contributed by atoms with Gasteiger partial charge in [0.1, 0.15) is 0 Å². The van der Waals surface area contributed by atoms with Gasteiger partial charge in [-0.2, -0.15) is 18.2 Å². The van der Waals surface area contributed by atoms with Gasteiger partial charge in [0, 0.05) is 36.2 Å². The van der Waals surface area contributed by atoms with E-state index in [0.29, 0.717) is 30.8 Å². The molecule has 1 aromatic heterocycles. The van der Waals surface area contributed by atoms with Crippen molar-refractivity contribution in [2.45, 2.75) is 31.9 Å². The summed E-state index contributed by atoms with van der Waals surface area (Å²) >= 11 is 0. The van der Waals surface area contributed by atoms with E-state index in [0.717, 1.165) is 32.3 Å². The topological polar surface area (TPSA) is 68.5 Å². The van der Waals surface area contributed by atoms with Gasteiger partial charge in [-0.15, -0.1) is 0 Å². The second-order valence-corrected chi connectivity index (χ2v) is 7.48. The van der Waals surface area contributed by atoms with Crippen LogP contribution in [0.3, 0.4) is 0 Å². The van der Waals surface area contributed by atoms with Crippen LogP contribution in [0.15, 0.2) is 28.8 Å². The van der Waals surface area contributed by atoms with Crippen molar-refractivity contribution >= 4 is 5.91 Å². The first-order valence-electron chi connectivity index (χ1n) is 9.25. The van der Waals surface area contributed by atoms with E-state index >= 15 is 0 Å². The predicted octanol–water partition coefficient (Wildman–Crippen LogP) is 3.79. The van der Waals surface area contributed by atoms with E-state index in [-0.39, 0.29) is 17.1 Å². The van der Waals surface area contributed by atoms with Crippen LogP contribution < -0.4 is 0 Å². The number of likely N-dealkylation sites (tertiary alicyclic amines) is 1. The van der Waals surface area contributed by atoms with E-state index < -0.39 is 12.1 Å². The van der Waals surface area contributed by atoms with Gasteiger partial charge in [0.15, 0.2) is 0 Å². The van der Waals surface area contributed by atoms with Crippen molar-refractivity contribution in [3.63, 3.8) is 0 Å². The molecule has 9 heteroatoms. The van der Waals surface area contributed by atoms with Gasteiger partial charge in [-0.1, -0.05) is 17.3 Å². The molecule has 1 amide bonds. The number of benzene rings is 1. The summed E-state index contributed by atoms with van der Waals surface area (Å²) in [6.45, 7) is 2.84. The maximum Gasteiger partial charge on any atom is 0.471 e. The molecule has 0 aliphatic carbocycles. The second kappa shape index (κ2) is 7.20. The summed E-state index contributed by atoms with van der Waals surface area (Å²) < 4.78 is 47.7. The maximum atomic E-state index is 12.9. The molecule has 28 heavy (non-hydrogen) atoms. The number of piperidine rings is 1. The lowest BCUT2D eigenvalue weighted by molar-refractivity contribution is -0.159. The first-order valence-corrected chi connectivity index (χ1v) is 9.25. The summed E-state index contributed by atoms with van der Waals surface area (Å²) in [6.07, 6.45) is -0.601. The SMILES string of the molecule is O=C(c1ccc(-c2noc(C(F)(F)F)n2)cc1)N1CCC[C@]2(CCCOC2)C1. The number of alkyl halides is 3. The van der Waals surface area contributed by atoms with Crippen molar-refractivity contribution in [3.05, 3.63) is 35.7 Å². The molecule has 0 N–H and O–H groups in total. The Hall–Kier alpha value is -2.42. The highest BCUT2D eigenvalue weighted by Crippen LogP contribution is 2.38. The van der Waals surface area contributed by atoms with Crippen molar-refractivity contribution in [1.29, 1.82) is 0 Å². The Labute approximate surface area is 159 Å². The summed E-state index contributed by atoms with van der Waals surface area (Å²) in [5.41, 5.74) is 0.883. The quantitative estimate of drug-likeness (QED) is 0.774. The zero-order valence-corrected chi connectivity index (χ0v) is 15.2. The lowest BCUT2D eigenvalue weighted by Crippen LogP contribution is -2.49. The standard InChI is InChI=1S/C19H20F3N3O3/c20-19(21,22)17-23-15(24-28-17)13-3-5-14(6-4-13)16(26)25-9-1-7-18(11-25)8-2-10-27-12-18/h3-6H,1-2,7-12H2/t18-/m0/s1. The molecular formula is C19H20F3N3O3. The average Bonchev–Trinajstić information content (AvgIpc) is 3.19. The van der Waals surface area contributed by atoms with E-state index in [1.54, 1.807) is 12.1 Å². The zero-order valence-electron chi connectivity index (χ0n) is 15.2. The van der Waals surface area contributed by atoms with Crippen LogP contribution >= 0.6 is 0 Å². The van der Waals surface area contributed by atoms with Gasteiger partial charge in [-0.3, -0.25) is 4.79 Å². The van der Waals surface area contributed by atoms with Crippen LogP contribution in [0.1, 0.15) is 41.9 Å².